The highest BCUT2D eigenvalue weighted by molar-refractivity contribution is 14.0. The molecular formula is C26H35IN6. The standard InChI is InChI=1S/C26H34N6.HI/c1-27-26(30-18-24-6-5-7-25(16-24)20-32-15-12-28-21-32)29-17-22-8-10-23(11-9-22)19-31-13-3-2-4-14-31;/h5-12,15-16,21H,2-4,13-14,17-20H2,1H3,(H2,27,29,30);1H. The number of halogens is 1. The first-order valence-electron chi connectivity index (χ1n) is 11.6. The van der Waals surface area contributed by atoms with Gasteiger partial charge in [0.1, 0.15) is 0 Å². The number of nitrogens with zero attached hydrogens (tertiary/aromatic N) is 4. The van der Waals surface area contributed by atoms with E-state index in [9.17, 15) is 0 Å². The van der Waals surface area contributed by atoms with Crippen LogP contribution in [0.15, 0.2) is 72.2 Å². The van der Waals surface area contributed by atoms with Crippen LogP contribution in [0, 0.1) is 0 Å². The van der Waals surface area contributed by atoms with Crippen LogP contribution in [0.25, 0.3) is 0 Å². The van der Waals surface area contributed by atoms with Crippen molar-refractivity contribution in [1.29, 1.82) is 0 Å². The number of hydrogen-bond donors (Lipinski definition) is 2. The number of aliphatic imine (C=N–C) groups is 1. The highest BCUT2D eigenvalue weighted by atomic mass is 127. The first kappa shape index (κ1) is 25.2. The van der Waals surface area contributed by atoms with Gasteiger partial charge < -0.3 is 15.2 Å². The zero-order valence-corrected chi connectivity index (χ0v) is 21.7. The van der Waals surface area contributed by atoms with Crippen LogP contribution in [0.1, 0.15) is 41.5 Å². The maximum atomic E-state index is 4.37. The molecule has 2 N–H and O–H groups in total. The number of nitrogens with one attached hydrogen (secondary N) is 2. The average Bonchev–Trinajstić information content (AvgIpc) is 3.34. The first-order valence-corrected chi connectivity index (χ1v) is 11.6. The lowest BCUT2D eigenvalue weighted by Crippen LogP contribution is -2.36. The van der Waals surface area contributed by atoms with E-state index in [-0.39, 0.29) is 24.0 Å². The zero-order chi connectivity index (χ0) is 22.0. The van der Waals surface area contributed by atoms with E-state index in [0.717, 1.165) is 32.1 Å². The molecule has 0 spiro atoms. The van der Waals surface area contributed by atoms with E-state index in [1.54, 1.807) is 0 Å². The largest absolute Gasteiger partial charge is 0.352 e. The van der Waals surface area contributed by atoms with Crippen molar-refractivity contribution in [3.05, 3.63) is 89.5 Å². The van der Waals surface area contributed by atoms with E-state index in [1.165, 1.54) is 54.6 Å². The second-order valence-electron chi connectivity index (χ2n) is 8.49. The van der Waals surface area contributed by atoms with Crippen molar-refractivity contribution in [1.82, 2.24) is 25.1 Å². The molecule has 1 saturated heterocycles. The van der Waals surface area contributed by atoms with Crippen LogP contribution in [0.3, 0.4) is 0 Å². The summed E-state index contributed by atoms with van der Waals surface area (Å²) >= 11 is 0. The molecule has 3 aromatic rings. The second-order valence-corrected chi connectivity index (χ2v) is 8.49. The minimum absolute atomic E-state index is 0. The van der Waals surface area contributed by atoms with Crippen LogP contribution in [-0.2, 0) is 26.2 Å². The minimum Gasteiger partial charge on any atom is -0.352 e. The van der Waals surface area contributed by atoms with Crippen molar-refractivity contribution >= 4 is 29.9 Å². The Morgan fingerprint density at radius 1 is 0.879 bits per heavy atom. The molecule has 176 valence electrons. The molecule has 7 heteroatoms. The van der Waals surface area contributed by atoms with Gasteiger partial charge in [-0.05, 0) is 48.2 Å². The molecule has 1 fully saturated rings. The number of piperidine rings is 1. The van der Waals surface area contributed by atoms with Crippen LogP contribution < -0.4 is 10.6 Å². The van der Waals surface area contributed by atoms with E-state index in [1.807, 2.05) is 25.8 Å². The summed E-state index contributed by atoms with van der Waals surface area (Å²) in [6, 6.07) is 17.6. The number of benzene rings is 2. The molecule has 0 atom stereocenters. The van der Waals surface area contributed by atoms with Crippen molar-refractivity contribution in [2.75, 3.05) is 20.1 Å². The summed E-state index contributed by atoms with van der Waals surface area (Å²) in [5.74, 6) is 0.808. The summed E-state index contributed by atoms with van der Waals surface area (Å²) in [5.41, 5.74) is 5.15. The molecular weight excluding hydrogens is 523 g/mol. The molecule has 33 heavy (non-hydrogen) atoms. The first-order chi connectivity index (χ1) is 15.8. The number of likely N-dealkylation sites (tertiary alicyclic amines) is 1. The average molecular weight is 559 g/mol. The molecule has 2 heterocycles. The highest BCUT2D eigenvalue weighted by Crippen LogP contribution is 2.13. The van der Waals surface area contributed by atoms with Gasteiger partial charge in [0.25, 0.3) is 0 Å². The molecule has 6 nitrogen and oxygen atoms in total. The SMILES string of the molecule is CN=C(NCc1ccc(CN2CCCCC2)cc1)NCc1cccc(Cn2ccnc2)c1.I. The molecule has 1 aliphatic heterocycles. The number of aromatic nitrogens is 2. The van der Waals surface area contributed by atoms with Gasteiger partial charge >= 0.3 is 0 Å². The van der Waals surface area contributed by atoms with Crippen molar-refractivity contribution in [2.45, 2.75) is 45.4 Å². The van der Waals surface area contributed by atoms with E-state index in [0.29, 0.717) is 0 Å². The van der Waals surface area contributed by atoms with Crippen molar-refractivity contribution in [3.63, 3.8) is 0 Å². The highest BCUT2D eigenvalue weighted by Gasteiger charge is 2.10. The molecule has 2 aromatic carbocycles. The Morgan fingerprint density at radius 2 is 1.58 bits per heavy atom. The topological polar surface area (TPSA) is 57.5 Å². The molecule has 1 aromatic heterocycles. The quantitative estimate of drug-likeness (QED) is 0.245. The summed E-state index contributed by atoms with van der Waals surface area (Å²) in [6.07, 6.45) is 9.69. The minimum atomic E-state index is 0. The lowest BCUT2D eigenvalue weighted by atomic mass is 10.1. The van der Waals surface area contributed by atoms with Crippen molar-refractivity contribution in [2.24, 2.45) is 4.99 Å². The van der Waals surface area contributed by atoms with Crippen LogP contribution in [0.4, 0.5) is 0 Å². The fraction of sp³-hybridized carbons (Fsp3) is 0.385. The Morgan fingerprint density at radius 3 is 2.27 bits per heavy atom. The Bertz CT molecular complexity index is 978. The van der Waals surface area contributed by atoms with Gasteiger partial charge in [-0.1, -0.05) is 55.0 Å². The van der Waals surface area contributed by atoms with Crippen LogP contribution >= 0.6 is 24.0 Å². The summed E-state index contributed by atoms with van der Waals surface area (Å²) < 4.78 is 2.07. The molecule has 0 unspecified atom stereocenters. The van der Waals surface area contributed by atoms with Crippen LogP contribution in [0.5, 0.6) is 0 Å². The second kappa shape index (κ2) is 13.3. The Kier molecular flexibility index (Phi) is 10.2. The third-order valence-electron chi connectivity index (χ3n) is 5.94. The van der Waals surface area contributed by atoms with Gasteiger partial charge in [-0.15, -0.1) is 24.0 Å². The Labute approximate surface area is 214 Å². The maximum absolute atomic E-state index is 4.37. The third kappa shape index (κ3) is 8.16. The van der Waals surface area contributed by atoms with E-state index < -0.39 is 0 Å². The van der Waals surface area contributed by atoms with Crippen molar-refractivity contribution < 1.29 is 0 Å². The predicted molar refractivity (Wildman–Crippen MR) is 146 cm³/mol. The lowest BCUT2D eigenvalue weighted by Gasteiger charge is -2.26. The van der Waals surface area contributed by atoms with Crippen molar-refractivity contribution in [3.8, 4) is 0 Å². The Balaban J connectivity index is 0.00000306. The molecule has 0 saturated carbocycles. The molecule has 0 aliphatic carbocycles. The monoisotopic (exact) mass is 558 g/mol. The van der Waals surface area contributed by atoms with Gasteiger partial charge in [0.05, 0.1) is 6.33 Å². The van der Waals surface area contributed by atoms with Gasteiger partial charge in [-0.3, -0.25) is 9.89 Å². The number of rotatable bonds is 8. The fourth-order valence-electron chi connectivity index (χ4n) is 4.16. The molecule has 0 radical (unpaired) electrons. The molecule has 0 amide bonds. The van der Waals surface area contributed by atoms with Crippen LogP contribution in [0.2, 0.25) is 0 Å². The fourth-order valence-corrected chi connectivity index (χ4v) is 4.16. The predicted octanol–water partition coefficient (Wildman–Crippen LogP) is 4.40. The van der Waals surface area contributed by atoms with Gasteiger partial charge in [0.2, 0.25) is 0 Å². The van der Waals surface area contributed by atoms with Gasteiger partial charge in [-0.2, -0.15) is 0 Å². The smallest absolute Gasteiger partial charge is 0.191 e. The number of imidazole rings is 1. The van der Waals surface area contributed by atoms with Gasteiger partial charge in [-0.25, -0.2) is 4.98 Å². The van der Waals surface area contributed by atoms with E-state index >= 15 is 0 Å². The molecule has 1 aliphatic rings. The maximum Gasteiger partial charge on any atom is 0.191 e. The molecule has 0 bridgehead atoms. The number of guanidine groups is 1. The van der Waals surface area contributed by atoms with Gasteiger partial charge in [0.15, 0.2) is 5.96 Å². The van der Waals surface area contributed by atoms with E-state index in [2.05, 4.69) is 78.6 Å². The third-order valence-corrected chi connectivity index (χ3v) is 5.94. The summed E-state index contributed by atoms with van der Waals surface area (Å²) in [4.78, 5) is 11.0. The Hall–Kier alpha value is -2.39. The normalized spacial score (nSPS) is 14.5. The number of hydrogen-bond acceptors (Lipinski definition) is 3. The van der Waals surface area contributed by atoms with Gasteiger partial charge in [0, 0.05) is 45.6 Å². The summed E-state index contributed by atoms with van der Waals surface area (Å²) in [6.45, 7) is 5.84. The zero-order valence-electron chi connectivity index (χ0n) is 19.4. The van der Waals surface area contributed by atoms with Crippen LogP contribution in [-0.4, -0.2) is 40.5 Å². The van der Waals surface area contributed by atoms with E-state index in [4.69, 9.17) is 0 Å². The summed E-state index contributed by atoms with van der Waals surface area (Å²) in [7, 11) is 1.81. The summed E-state index contributed by atoms with van der Waals surface area (Å²) in [5, 5.41) is 6.84. The molecule has 4 rings (SSSR count). The lowest BCUT2D eigenvalue weighted by molar-refractivity contribution is 0.221.